The van der Waals surface area contributed by atoms with Crippen LogP contribution in [0, 0.1) is 11.7 Å². The van der Waals surface area contributed by atoms with Crippen LogP contribution in [0.25, 0.3) is 0 Å². The number of nitrogens with zero attached hydrogens (tertiary/aromatic N) is 5. The van der Waals surface area contributed by atoms with Crippen LogP contribution in [-0.4, -0.2) is 30.9 Å². The number of aromatic amines is 1. The van der Waals surface area contributed by atoms with Gasteiger partial charge >= 0.3 is 0 Å². The Morgan fingerprint density at radius 2 is 2.40 bits per heavy atom. The van der Waals surface area contributed by atoms with Crippen LogP contribution in [0.5, 0.6) is 0 Å². The zero-order chi connectivity index (χ0) is 10.8. The summed E-state index contributed by atoms with van der Waals surface area (Å²) in [5.74, 6) is 0. The fourth-order valence-electron chi connectivity index (χ4n) is 1.20. The Kier molecular flexibility index (Phi) is 2.46. The molecule has 0 saturated carbocycles. The van der Waals surface area contributed by atoms with Crippen molar-refractivity contribution >= 4 is 18.4 Å². The molecule has 0 radical (unpaired) electrons. The zero-order valence-corrected chi connectivity index (χ0v) is 9.19. The first-order valence-corrected chi connectivity index (χ1v) is 4.74. The third kappa shape index (κ3) is 2.01. The molecule has 0 aromatic carbocycles. The van der Waals surface area contributed by atoms with Gasteiger partial charge in [0.15, 0.2) is 0 Å². The molecule has 6 nitrogen and oxygen atoms in total. The Morgan fingerprint density at radius 3 is 2.93 bits per heavy atom. The van der Waals surface area contributed by atoms with E-state index in [0.29, 0.717) is 4.77 Å². The second-order valence-corrected chi connectivity index (χ2v) is 3.47. The Labute approximate surface area is 91.2 Å². The zero-order valence-electron chi connectivity index (χ0n) is 8.38. The van der Waals surface area contributed by atoms with Crippen molar-refractivity contribution in [2.24, 2.45) is 12.1 Å². The largest absolute Gasteiger partial charge is 0.267 e. The highest BCUT2D eigenvalue weighted by molar-refractivity contribution is 7.71. The minimum atomic E-state index is 0.463. The molecule has 78 valence electrons. The first-order chi connectivity index (χ1) is 7.16. The van der Waals surface area contributed by atoms with Crippen LogP contribution in [0.3, 0.4) is 0 Å². The smallest absolute Gasteiger partial charge is 0.216 e. The second-order valence-electron chi connectivity index (χ2n) is 3.08. The maximum atomic E-state index is 4.95. The van der Waals surface area contributed by atoms with E-state index in [0.717, 1.165) is 11.4 Å². The minimum Gasteiger partial charge on any atom is -0.267 e. The molecule has 0 aliphatic carbocycles. The van der Waals surface area contributed by atoms with Gasteiger partial charge in [0.2, 0.25) is 4.77 Å². The molecule has 1 N–H and O–H groups in total. The van der Waals surface area contributed by atoms with Gasteiger partial charge in [0.05, 0.1) is 17.6 Å². The van der Waals surface area contributed by atoms with Crippen LogP contribution in [-0.2, 0) is 7.05 Å². The number of hydrogen-bond donors (Lipinski definition) is 1. The van der Waals surface area contributed by atoms with Crippen molar-refractivity contribution in [3.8, 4) is 0 Å². The molecule has 7 heteroatoms. The number of aromatic nitrogens is 5. The summed E-state index contributed by atoms with van der Waals surface area (Å²) in [5, 5.41) is 14.7. The van der Waals surface area contributed by atoms with E-state index in [9.17, 15) is 0 Å². The summed E-state index contributed by atoms with van der Waals surface area (Å²) < 4.78 is 3.70. The van der Waals surface area contributed by atoms with Gasteiger partial charge in [-0.25, -0.2) is 0 Å². The monoisotopic (exact) mass is 222 g/mol. The van der Waals surface area contributed by atoms with Crippen LogP contribution < -0.4 is 0 Å². The third-order valence-electron chi connectivity index (χ3n) is 1.89. The van der Waals surface area contributed by atoms with Crippen LogP contribution in [0.2, 0.25) is 0 Å². The molecule has 0 unspecified atom stereocenters. The summed E-state index contributed by atoms with van der Waals surface area (Å²) in [7, 11) is 1.86. The van der Waals surface area contributed by atoms with Crippen LogP contribution in [0.1, 0.15) is 11.4 Å². The van der Waals surface area contributed by atoms with Crippen molar-refractivity contribution in [1.29, 1.82) is 0 Å². The van der Waals surface area contributed by atoms with Gasteiger partial charge in [-0.1, -0.05) is 0 Å². The van der Waals surface area contributed by atoms with E-state index in [1.54, 1.807) is 10.9 Å². The Morgan fingerprint density at radius 1 is 1.60 bits per heavy atom. The van der Waals surface area contributed by atoms with E-state index in [4.69, 9.17) is 12.2 Å². The predicted octanol–water partition coefficient (Wildman–Crippen LogP) is 0.865. The fraction of sp³-hybridized carbons (Fsp3) is 0.250. The summed E-state index contributed by atoms with van der Waals surface area (Å²) in [6.07, 6.45) is 3.20. The summed E-state index contributed by atoms with van der Waals surface area (Å²) in [4.78, 5) is 0. The molecule has 0 bridgehead atoms. The minimum absolute atomic E-state index is 0.463. The lowest BCUT2D eigenvalue weighted by Gasteiger charge is -1.92. The van der Waals surface area contributed by atoms with E-state index in [1.807, 2.05) is 20.0 Å². The fourth-order valence-corrected chi connectivity index (χ4v) is 1.34. The first kappa shape index (κ1) is 9.78. The van der Waals surface area contributed by atoms with Gasteiger partial charge in [-0.05, 0) is 25.2 Å². The first-order valence-electron chi connectivity index (χ1n) is 4.34. The Balaban J connectivity index is 2.29. The van der Waals surface area contributed by atoms with Gasteiger partial charge in [0.1, 0.15) is 6.33 Å². The van der Waals surface area contributed by atoms with E-state index < -0.39 is 0 Å². The van der Waals surface area contributed by atoms with Crippen molar-refractivity contribution in [1.82, 2.24) is 24.7 Å². The SMILES string of the molecule is Cc1cc(/C=N\n2cn[nH]c2=S)n(C)n1. The molecule has 0 spiro atoms. The predicted molar refractivity (Wildman–Crippen MR) is 58.3 cm³/mol. The molecule has 2 rings (SSSR count). The average molecular weight is 222 g/mol. The van der Waals surface area contributed by atoms with E-state index in [2.05, 4.69) is 20.4 Å². The van der Waals surface area contributed by atoms with Crippen molar-refractivity contribution in [3.63, 3.8) is 0 Å². The number of aryl methyl sites for hydroxylation is 2. The van der Waals surface area contributed by atoms with E-state index in [-0.39, 0.29) is 0 Å². The molecule has 15 heavy (non-hydrogen) atoms. The lowest BCUT2D eigenvalue weighted by Crippen LogP contribution is -1.98. The number of nitrogens with one attached hydrogen (secondary N) is 1. The molecule has 2 heterocycles. The molecular weight excluding hydrogens is 212 g/mol. The molecule has 0 atom stereocenters. The highest BCUT2D eigenvalue weighted by Crippen LogP contribution is 1.98. The summed E-state index contributed by atoms with van der Waals surface area (Å²) in [6.45, 7) is 1.93. The average Bonchev–Trinajstić information content (AvgIpc) is 2.70. The molecular formula is C8H10N6S. The maximum Gasteiger partial charge on any atom is 0.216 e. The van der Waals surface area contributed by atoms with Gasteiger partial charge in [-0.3, -0.25) is 9.78 Å². The standard InChI is InChI=1S/C8H10N6S/c1-6-3-7(13(2)12-6)4-10-14-5-9-11-8(14)15/h3-5H,1-2H3,(H,11,15)/b10-4-. The van der Waals surface area contributed by atoms with Crippen molar-refractivity contribution in [2.45, 2.75) is 6.92 Å². The second kappa shape index (κ2) is 3.77. The molecule has 0 saturated heterocycles. The van der Waals surface area contributed by atoms with Gasteiger partial charge in [-0.2, -0.15) is 20.0 Å². The van der Waals surface area contributed by atoms with Gasteiger partial charge < -0.3 is 0 Å². The van der Waals surface area contributed by atoms with E-state index >= 15 is 0 Å². The lowest BCUT2D eigenvalue weighted by atomic mass is 10.4. The highest BCUT2D eigenvalue weighted by Gasteiger charge is 1.98. The lowest BCUT2D eigenvalue weighted by molar-refractivity contribution is 0.749. The van der Waals surface area contributed by atoms with Crippen molar-refractivity contribution in [3.05, 3.63) is 28.6 Å². The molecule has 0 aliphatic heterocycles. The summed E-state index contributed by atoms with van der Waals surface area (Å²) in [6, 6.07) is 1.94. The maximum absolute atomic E-state index is 4.95. The van der Waals surface area contributed by atoms with Crippen LogP contribution in [0.15, 0.2) is 17.5 Å². The Hall–Kier alpha value is -1.76. The summed E-state index contributed by atoms with van der Waals surface area (Å²) >= 11 is 4.95. The normalized spacial score (nSPS) is 11.3. The molecule has 0 amide bonds. The number of hydrogen-bond acceptors (Lipinski definition) is 4. The van der Waals surface area contributed by atoms with Crippen molar-refractivity contribution in [2.75, 3.05) is 0 Å². The van der Waals surface area contributed by atoms with Crippen LogP contribution >= 0.6 is 12.2 Å². The van der Waals surface area contributed by atoms with Gasteiger partial charge in [0.25, 0.3) is 0 Å². The number of H-pyrrole nitrogens is 1. The Bertz CT molecular complexity index is 545. The summed E-state index contributed by atoms with van der Waals surface area (Å²) in [5.41, 5.74) is 1.87. The third-order valence-corrected chi connectivity index (χ3v) is 2.17. The van der Waals surface area contributed by atoms with Gasteiger partial charge in [-0.15, -0.1) is 0 Å². The van der Waals surface area contributed by atoms with Crippen molar-refractivity contribution < 1.29 is 0 Å². The number of rotatable bonds is 2. The molecule has 0 fully saturated rings. The van der Waals surface area contributed by atoms with Gasteiger partial charge in [0, 0.05) is 7.05 Å². The quantitative estimate of drug-likeness (QED) is 0.605. The van der Waals surface area contributed by atoms with E-state index in [1.165, 1.54) is 11.0 Å². The highest BCUT2D eigenvalue weighted by atomic mass is 32.1. The topological polar surface area (TPSA) is 63.8 Å². The van der Waals surface area contributed by atoms with Crippen LogP contribution in [0.4, 0.5) is 0 Å². The molecule has 2 aromatic heterocycles. The molecule has 0 aliphatic rings. The molecule has 2 aromatic rings.